The molecule has 0 unspecified atom stereocenters. The third-order valence-corrected chi connectivity index (χ3v) is 4.69. The van der Waals surface area contributed by atoms with Gasteiger partial charge in [0.25, 0.3) is 11.5 Å². The van der Waals surface area contributed by atoms with Crippen LogP contribution in [-0.2, 0) is 17.6 Å². The van der Waals surface area contributed by atoms with E-state index < -0.39 is 5.97 Å². The predicted molar refractivity (Wildman–Crippen MR) is 96.0 cm³/mol. The van der Waals surface area contributed by atoms with E-state index in [1.807, 2.05) is 0 Å². The lowest BCUT2D eigenvalue weighted by Crippen LogP contribution is -2.31. The first-order chi connectivity index (χ1) is 12.1. The standard InChI is InChI=1S/C19H28N2O4/c22-17(23)11-7-2-1-3-8-12-20-18(24)15-13-14-9-5-4-6-10-16(14)21-19(15)25/h13H,1-12H2,(H,20,24)(H,21,25)(H,22,23). The SMILES string of the molecule is O=C(O)CCCCCCCNC(=O)c1cc2c([nH]c1=O)CCCCC2. The van der Waals surface area contributed by atoms with Gasteiger partial charge in [0, 0.05) is 18.7 Å². The Morgan fingerprint density at radius 2 is 1.76 bits per heavy atom. The van der Waals surface area contributed by atoms with Crippen LogP contribution in [0.25, 0.3) is 0 Å². The predicted octanol–water partition coefficient (Wildman–Crippen LogP) is 2.80. The maximum absolute atomic E-state index is 12.3. The number of unbranched alkanes of at least 4 members (excludes halogenated alkanes) is 4. The van der Waals surface area contributed by atoms with Crippen LogP contribution in [-0.4, -0.2) is 28.5 Å². The first kappa shape index (κ1) is 19.2. The minimum Gasteiger partial charge on any atom is -0.481 e. The second kappa shape index (κ2) is 10.0. The summed E-state index contributed by atoms with van der Waals surface area (Å²) < 4.78 is 0. The van der Waals surface area contributed by atoms with E-state index in [0.717, 1.165) is 69.0 Å². The lowest BCUT2D eigenvalue weighted by molar-refractivity contribution is -0.137. The molecule has 1 amide bonds. The topological polar surface area (TPSA) is 99.3 Å². The molecule has 1 aromatic heterocycles. The number of rotatable bonds is 9. The van der Waals surface area contributed by atoms with Gasteiger partial charge >= 0.3 is 5.97 Å². The Kier molecular flexibility index (Phi) is 7.70. The van der Waals surface area contributed by atoms with Crippen molar-refractivity contribution in [2.75, 3.05) is 6.54 Å². The van der Waals surface area contributed by atoms with Gasteiger partial charge in [0.2, 0.25) is 0 Å². The first-order valence-electron chi connectivity index (χ1n) is 9.33. The zero-order valence-electron chi connectivity index (χ0n) is 14.7. The molecule has 6 nitrogen and oxygen atoms in total. The van der Waals surface area contributed by atoms with Gasteiger partial charge in [0.15, 0.2) is 0 Å². The third-order valence-electron chi connectivity index (χ3n) is 4.69. The summed E-state index contributed by atoms with van der Waals surface area (Å²) in [5, 5.41) is 11.4. The fourth-order valence-electron chi connectivity index (χ4n) is 3.25. The van der Waals surface area contributed by atoms with Crippen molar-refractivity contribution in [2.24, 2.45) is 0 Å². The summed E-state index contributed by atoms with van der Waals surface area (Å²) in [7, 11) is 0. The molecule has 0 aliphatic heterocycles. The molecule has 25 heavy (non-hydrogen) atoms. The Balaban J connectivity index is 1.75. The average Bonchev–Trinajstić information content (AvgIpc) is 2.80. The number of aromatic nitrogens is 1. The van der Waals surface area contributed by atoms with Gasteiger partial charge < -0.3 is 15.4 Å². The van der Waals surface area contributed by atoms with E-state index in [1.54, 1.807) is 6.07 Å². The molecule has 6 heteroatoms. The van der Waals surface area contributed by atoms with Crippen molar-refractivity contribution >= 4 is 11.9 Å². The summed E-state index contributed by atoms with van der Waals surface area (Å²) in [6.07, 6.45) is 9.70. The Morgan fingerprint density at radius 1 is 1.04 bits per heavy atom. The third kappa shape index (κ3) is 6.36. The van der Waals surface area contributed by atoms with Crippen LogP contribution in [0.4, 0.5) is 0 Å². The van der Waals surface area contributed by atoms with Crippen LogP contribution in [0.3, 0.4) is 0 Å². The molecule has 1 aromatic rings. The number of carboxylic acid groups (broad SMARTS) is 1. The second-order valence-corrected chi connectivity index (χ2v) is 6.74. The number of aryl methyl sites for hydroxylation is 2. The quantitative estimate of drug-likeness (QED) is 0.472. The maximum Gasteiger partial charge on any atom is 0.303 e. The molecule has 0 saturated carbocycles. The molecule has 0 radical (unpaired) electrons. The molecule has 2 rings (SSSR count). The van der Waals surface area contributed by atoms with Crippen LogP contribution in [0.5, 0.6) is 0 Å². The number of carbonyl (C=O) groups is 2. The number of pyridine rings is 1. The molecule has 3 N–H and O–H groups in total. The summed E-state index contributed by atoms with van der Waals surface area (Å²) in [4.78, 5) is 37.7. The minimum absolute atomic E-state index is 0.210. The van der Waals surface area contributed by atoms with Gasteiger partial charge in [-0.1, -0.05) is 25.7 Å². The number of hydrogen-bond acceptors (Lipinski definition) is 3. The summed E-state index contributed by atoms with van der Waals surface area (Å²) in [5.74, 6) is -1.06. The molecule has 1 heterocycles. The number of carbonyl (C=O) groups excluding carboxylic acids is 1. The number of amides is 1. The molecule has 138 valence electrons. The lowest BCUT2D eigenvalue weighted by atomic mass is 10.1. The van der Waals surface area contributed by atoms with Gasteiger partial charge in [-0.25, -0.2) is 0 Å². The monoisotopic (exact) mass is 348 g/mol. The Morgan fingerprint density at radius 3 is 2.56 bits per heavy atom. The van der Waals surface area contributed by atoms with E-state index in [4.69, 9.17) is 5.11 Å². The van der Waals surface area contributed by atoms with E-state index in [-0.39, 0.29) is 23.5 Å². The Bertz CT molecular complexity index is 651. The van der Waals surface area contributed by atoms with Crippen LogP contribution in [0.1, 0.15) is 79.4 Å². The summed E-state index contributed by atoms with van der Waals surface area (Å²) >= 11 is 0. The normalized spacial score (nSPS) is 13.8. The molecular weight excluding hydrogens is 320 g/mol. The van der Waals surface area contributed by atoms with Crippen LogP contribution in [0.15, 0.2) is 10.9 Å². The molecule has 0 bridgehead atoms. The molecule has 0 fully saturated rings. The minimum atomic E-state index is -0.752. The average molecular weight is 348 g/mol. The number of aromatic amines is 1. The molecule has 0 spiro atoms. The van der Waals surface area contributed by atoms with Crippen LogP contribution in [0, 0.1) is 0 Å². The van der Waals surface area contributed by atoms with Crippen molar-refractivity contribution in [3.05, 3.63) is 33.2 Å². The summed E-state index contributed by atoms with van der Waals surface area (Å²) in [5.41, 5.74) is 2.00. The van der Waals surface area contributed by atoms with Gasteiger partial charge in [0.05, 0.1) is 0 Å². The van der Waals surface area contributed by atoms with Gasteiger partial charge in [-0.3, -0.25) is 14.4 Å². The van der Waals surface area contributed by atoms with Crippen LogP contribution in [0.2, 0.25) is 0 Å². The largest absolute Gasteiger partial charge is 0.481 e. The zero-order chi connectivity index (χ0) is 18.1. The maximum atomic E-state index is 12.3. The fraction of sp³-hybridized carbons (Fsp3) is 0.632. The number of carboxylic acids is 1. The highest BCUT2D eigenvalue weighted by molar-refractivity contribution is 5.94. The highest BCUT2D eigenvalue weighted by Gasteiger charge is 2.16. The highest BCUT2D eigenvalue weighted by Crippen LogP contribution is 2.18. The van der Waals surface area contributed by atoms with Gasteiger partial charge in [-0.15, -0.1) is 0 Å². The van der Waals surface area contributed by atoms with Crippen LogP contribution < -0.4 is 10.9 Å². The summed E-state index contributed by atoms with van der Waals surface area (Å²) in [6.45, 7) is 0.536. The van der Waals surface area contributed by atoms with Gasteiger partial charge in [-0.05, 0) is 50.2 Å². The number of fused-ring (bicyclic) bond motifs is 1. The van der Waals surface area contributed by atoms with Crippen LogP contribution >= 0.6 is 0 Å². The smallest absolute Gasteiger partial charge is 0.303 e. The highest BCUT2D eigenvalue weighted by atomic mass is 16.4. The first-order valence-corrected chi connectivity index (χ1v) is 9.33. The van der Waals surface area contributed by atoms with E-state index in [1.165, 1.54) is 0 Å². The second-order valence-electron chi connectivity index (χ2n) is 6.74. The molecular formula is C19H28N2O4. The Labute approximate surface area is 148 Å². The van der Waals surface area contributed by atoms with E-state index in [0.29, 0.717) is 13.0 Å². The van der Waals surface area contributed by atoms with Gasteiger partial charge in [0.1, 0.15) is 5.56 Å². The molecule has 0 atom stereocenters. The molecule has 0 aromatic carbocycles. The summed E-state index contributed by atoms with van der Waals surface area (Å²) in [6, 6.07) is 1.76. The van der Waals surface area contributed by atoms with Crippen molar-refractivity contribution in [3.8, 4) is 0 Å². The van der Waals surface area contributed by atoms with E-state index in [2.05, 4.69) is 10.3 Å². The lowest BCUT2D eigenvalue weighted by Gasteiger charge is -2.09. The molecule has 1 aliphatic carbocycles. The molecule has 0 saturated heterocycles. The number of aliphatic carboxylic acids is 1. The van der Waals surface area contributed by atoms with Gasteiger partial charge in [-0.2, -0.15) is 0 Å². The Hall–Kier alpha value is -2.11. The van der Waals surface area contributed by atoms with Crippen molar-refractivity contribution in [1.82, 2.24) is 10.3 Å². The van der Waals surface area contributed by atoms with E-state index in [9.17, 15) is 14.4 Å². The van der Waals surface area contributed by atoms with Crippen molar-refractivity contribution in [3.63, 3.8) is 0 Å². The fourth-order valence-corrected chi connectivity index (χ4v) is 3.25. The zero-order valence-corrected chi connectivity index (χ0v) is 14.7. The number of nitrogens with one attached hydrogen (secondary N) is 2. The van der Waals surface area contributed by atoms with E-state index >= 15 is 0 Å². The van der Waals surface area contributed by atoms with Crippen molar-refractivity contribution in [1.29, 1.82) is 0 Å². The van der Waals surface area contributed by atoms with Crippen molar-refractivity contribution in [2.45, 2.75) is 70.6 Å². The van der Waals surface area contributed by atoms with Crippen molar-refractivity contribution < 1.29 is 14.7 Å². The number of H-pyrrole nitrogens is 1. The molecule has 1 aliphatic rings. The number of hydrogen-bond donors (Lipinski definition) is 3.